The summed E-state index contributed by atoms with van der Waals surface area (Å²) in [6.45, 7) is 8.65. The number of halogens is 1. The van der Waals surface area contributed by atoms with E-state index in [0.717, 1.165) is 25.9 Å². The van der Waals surface area contributed by atoms with Crippen LogP contribution < -0.4 is 10.6 Å². The van der Waals surface area contributed by atoms with Gasteiger partial charge in [0.25, 0.3) is 0 Å². The summed E-state index contributed by atoms with van der Waals surface area (Å²) in [4.78, 5) is 0. The van der Waals surface area contributed by atoms with Gasteiger partial charge >= 0.3 is 0 Å². The lowest BCUT2D eigenvalue weighted by molar-refractivity contribution is 0.303. The summed E-state index contributed by atoms with van der Waals surface area (Å²) in [5.74, 6) is 0.960. The fourth-order valence-corrected chi connectivity index (χ4v) is 2.69. The van der Waals surface area contributed by atoms with Crippen molar-refractivity contribution in [3.05, 3.63) is 36.0 Å². The van der Waals surface area contributed by atoms with Gasteiger partial charge in [-0.15, -0.1) is 0 Å². The molecule has 1 aliphatic carbocycles. The normalized spacial score (nSPS) is 34.6. The molecular formula is C16H25FN2. The second-order valence-electron chi connectivity index (χ2n) is 5.68. The van der Waals surface area contributed by atoms with E-state index in [1.165, 1.54) is 11.1 Å². The van der Waals surface area contributed by atoms with Crippen LogP contribution >= 0.6 is 0 Å². The van der Waals surface area contributed by atoms with Gasteiger partial charge in [-0.25, -0.2) is 4.39 Å². The van der Waals surface area contributed by atoms with Crippen LogP contribution in [0, 0.1) is 11.8 Å². The zero-order chi connectivity index (χ0) is 13.7. The molecule has 0 saturated heterocycles. The van der Waals surface area contributed by atoms with Gasteiger partial charge in [-0.05, 0) is 32.2 Å². The van der Waals surface area contributed by atoms with E-state index in [4.69, 9.17) is 0 Å². The van der Waals surface area contributed by atoms with Crippen LogP contribution in [0.1, 0.15) is 19.8 Å². The molecule has 3 heteroatoms. The number of nitrogens with one attached hydrogen (secondary N) is 2. The first-order chi connectivity index (χ1) is 9.16. The Labute approximate surface area is 115 Å². The van der Waals surface area contributed by atoms with Gasteiger partial charge in [0, 0.05) is 25.6 Å². The van der Waals surface area contributed by atoms with Crippen LogP contribution in [0.2, 0.25) is 0 Å². The number of hydrogen-bond donors (Lipinski definition) is 2. The van der Waals surface area contributed by atoms with Crippen LogP contribution in [0.15, 0.2) is 36.0 Å². The topological polar surface area (TPSA) is 24.1 Å². The second kappa shape index (κ2) is 7.01. The smallest absolute Gasteiger partial charge is 0.125 e. The zero-order valence-corrected chi connectivity index (χ0v) is 11.8. The molecule has 0 saturated carbocycles. The Kier molecular flexibility index (Phi) is 5.34. The minimum atomic E-state index is -0.819. The Morgan fingerprint density at radius 2 is 2.05 bits per heavy atom. The predicted octanol–water partition coefficient (Wildman–Crippen LogP) is 2.60. The van der Waals surface area contributed by atoms with E-state index >= 15 is 0 Å². The van der Waals surface area contributed by atoms with Crippen molar-refractivity contribution in [1.82, 2.24) is 10.6 Å². The average molecular weight is 264 g/mol. The minimum Gasteiger partial charge on any atom is -0.313 e. The Hall–Kier alpha value is -0.930. The first kappa shape index (κ1) is 14.5. The quantitative estimate of drug-likeness (QED) is 0.711. The zero-order valence-electron chi connectivity index (χ0n) is 11.8. The molecule has 2 N–H and O–H groups in total. The minimum absolute atomic E-state index is 0.368. The highest BCUT2D eigenvalue weighted by Gasteiger charge is 2.24. The molecule has 0 fully saturated rings. The van der Waals surface area contributed by atoms with Gasteiger partial charge < -0.3 is 10.6 Å². The van der Waals surface area contributed by atoms with E-state index in [9.17, 15) is 4.39 Å². The molecule has 0 spiro atoms. The predicted molar refractivity (Wildman–Crippen MR) is 78.9 cm³/mol. The van der Waals surface area contributed by atoms with Crippen molar-refractivity contribution in [2.24, 2.45) is 11.8 Å². The monoisotopic (exact) mass is 264 g/mol. The Morgan fingerprint density at radius 1 is 1.32 bits per heavy atom. The highest BCUT2D eigenvalue weighted by molar-refractivity contribution is 5.29. The molecule has 3 atom stereocenters. The van der Waals surface area contributed by atoms with Crippen molar-refractivity contribution in [1.29, 1.82) is 0 Å². The third-order valence-electron chi connectivity index (χ3n) is 3.89. The van der Waals surface area contributed by atoms with Gasteiger partial charge in [0.15, 0.2) is 0 Å². The van der Waals surface area contributed by atoms with Gasteiger partial charge in [0.05, 0.1) is 0 Å². The van der Waals surface area contributed by atoms with Crippen molar-refractivity contribution in [3.63, 3.8) is 0 Å². The van der Waals surface area contributed by atoms with Crippen molar-refractivity contribution in [2.45, 2.75) is 25.9 Å². The lowest BCUT2D eigenvalue weighted by atomic mass is 9.76. The summed E-state index contributed by atoms with van der Waals surface area (Å²) in [6.07, 6.45) is 8.10. The lowest BCUT2D eigenvalue weighted by Gasteiger charge is -2.31. The van der Waals surface area contributed by atoms with Gasteiger partial charge in [-0.1, -0.05) is 36.0 Å². The van der Waals surface area contributed by atoms with E-state index in [2.05, 4.69) is 42.4 Å². The van der Waals surface area contributed by atoms with Crippen LogP contribution in [0.5, 0.6) is 0 Å². The standard InChI is InChI=1S/C16H25FN2/c1-12(2)16-11-19-10-15(17)9-18-6-4-3-5-13-7-14(16)8-13/h3,5,7,13,15-16,18-19H,1,4,6,8-11H2,2H3/b5-3+. The van der Waals surface area contributed by atoms with Gasteiger partial charge in [-0.2, -0.15) is 0 Å². The third-order valence-corrected chi connectivity index (χ3v) is 3.89. The second-order valence-corrected chi connectivity index (χ2v) is 5.68. The molecule has 0 aromatic heterocycles. The summed E-state index contributed by atoms with van der Waals surface area (Å²) in [7, 11) is 0. The first-order valence-electron chi connectivity index (χ1n) is 7.25. The van der Waals surface area contributed by atoms with E-state index in [1.807, 2.05) is 0 Å². The number of rotatable bonds is 1. The number of allylic oxidation sites excluding steroid dienone is 2. The maximum absolute atomic E-state index is 13.6. The number of hydrogen-bond acceptors (Lipinski definition) is 2. The Bertz CT molecular complexity index is 373. The molecule has 3 unspecified atom stereocenters. The molecular weight excluding hydrogens is 239 g/mol. The summed E-state index contributed by atoms with van der Waals surface area (Å²) >= 11 is 0. The maximum Gasteiger partial charge on any atom is 0.125 e. The van der Waals surface area contributed by atoms with Crippen LogP contribution in [0.3, 0.4) is 0 Å². The molecule has 19 heavy (non-hydrogen) atoms. The molecule has 2 bridgehead atoms. The molecule has 0 aromatic rings. The molecule has 2 heterocycles. The van der Waals surface area contributed by atoms with Crippen molar-refractivity contribution >= 4 is 0 Å². The molecule has 2 aliphatic heterocycles. The highest BCUT2D eigenvalue weighted by atomic mass is 19.1. The van der Waals surface area contributed by atoms with Crippen LogP contribution in [-0.2, 0) is 0 Å². The molecule has 2 nitrogen and oxygen atoms in total. The molecule has 0 amide bonds. The first-order valence-corrected chi connectivity index (χ1v) is 7.25. The van der Waals surface area contributed by atoms with E-state index < -0.39 is 6.17 Å². The fourth-order valence-electron chi connectivity index (χ4n) is 2.69. The van der Waals surface area contributed by atoms with Crippen molar-refractivity contribution < 1.29 is 4.39 Å². The Morgan fingerprint density at radius 3 is 2.79 bits per heavy atom. The van der Waals surface area contributed by atoms with Crippen LogP contribution in [0.4, 0.5) is 4.39 Å². The SMILES string of the molecule is C=C(C)C1CNCC(F)CNCC/C=C/C2C=C1C2. The summed E-state index contributed by atoms with van der Waals surface area (Å²) in [6, 6.07) is 0. The summed E-state index contributed by atoms with van der Waals surface area (Å²) in [5.41, 5.74) is 2.63. The highest BCUT2D eigenvalue weighted by Crippen LogP contribution is 2.35. The fraction of sp³-hybridized carbons (Fsp3) is 0.625. The summed E-state index contributed by atoms with van der Waals surface area (Å²) < 4.78 is 13.6. The molecule has 3 rings (SSSR count). The van der Waals surface area contributed by atoms with Crippen molar-refractivity contribution in [2.75, 3.05) is 26.2 Å². The Balaban J connectivity index is 1.99. The van der Waals surface area contributed by atoms with Crippen LogP contribution in [0.25, 0.3) is 0 Å². The molecule has 0 radical (unpaired) electrons. The van der Waals surface area contributed by atoms with E-state index in [-0.39, 0.29) is 0 Å². The lowest BCUT2D eigenvalue weighted by Crippen LogP contribution is -2.36. The molecule has 0 aromatic carbocycles. The van der Waals surface area contributed by atoms with Crippen LogP contribution in [-0.4, -0.2) is 32.4 Å². The number of alkyl halides is 1. The maximum atomic E-state index is 13.6. The average Bonchev–Trinajstić information content (AvgIpc) is 2.32. The molecule has 3 aliphatic rings. The molecule has 106 valence electrons. The summed E-state index contributed by atoms with van der Waals surface area (Å²) in [5, 5.41) is 6.39. The van der Waals surface area contributed by atoms with Gasteiger partial charge in [-0.3, -0.25) is 0 Å². The van der Waals surface area contributed by atoms with E-state index in [0.29, 0.717) is 24.9 Å². The van der Waals surface area contributed by atoms with Crippen molar-refractivity contribution in [3.8, 4) is 0 Å². The largest absolute Gasteiger partial charge is 0.313 e. The number of fused-ring (bicyclic) bond motifs is 9. The van der Waals surface area contributed by atoms with Gasteiger partial charge in [0.1, 0.15) is 6.17 Å². The van der Waals surface area contributed by atoms with E-state index in [1.54, 1.807) is 0 Å². The van der Waals surface area contributed by atoms with Gasteiger partial charge in [0.2, 0.25) is 0 Å². The third kappa shape index (κ3) is 4.29.